The van der Waals surface area contributed by atoms with Crippen LogP contribution in [0.3, 0.4) is 0 Å². The van der Waals surface area contributed by atoms with Crippen LogP contribution in [0.4, 0.5) is 10.1 Å². The molecule has 1 heterocycles. The highest BCUT2D eigenvalue weighted by atomic mass is 35.5. The number of carbonyl (C=O) groups excluding carboxylic acids is 2. The lowest BCUT2D eigenvalue weighted by molar-refractivity contribution is -0.119. The zero-order valence-electron chi connectivity index (χ0n) is 17.4. The third-order valence-corrected chi connectivity index (χ3v) is 5.18. The Bertz CT molecular complexity index is 1080. The zero-order valence-corrected chi connectivity index (χ0v) is 18.2. The molecular formula is C23H22ClFN2O4. The number of anilines is 1. The van der Waals surface area contributed by atoms with Crippen molar-refractivity contribution in [3.05, 3.63) is 69.7 Å². The topological polar surface area (TPSA) is 81.4 Å². The molecule has 0 fully saturated rings. The van der Waals surface area contributed by atoms with Crippen LogP contribution in [-0.2, 0) is 22.4 Å². The number of para-hydroxylation sites is 1. The molecule has 0 bridgehead atoms. The van der Waals surface area contributed by atoms with Crippen molar-refractivity contribution >= 4 is 29.2 Å². The molecule has 0 saturated heterocycles. The molecule has 0 aliphatic carbocycles. The third-order valence-electron chi connectivity index (χ3n) is 4.86. The van der Waals surface area contributed by atoms with Crippen LogP contribution in [-0.4, -0.2) is 23.6 Å². The first-order valence-electron chi connectivity index (χ1n) is 9.85. The summed E-state index contributed by atoms with van der Waals surface area (Å²) < 4.78 is 24.5. The maximum absolute atomic E-state index is 14.3. The number of amides is 1. The molecule has 1 amide bonds. The number of esters is 1. The van der Waals surface area contributed by atoms with Crippen molar-refractivity contribution in [2.45, 2.75) is 33.6 Å². The highest BCUT2D eigenvalue weighted by Gasteiger charge is 2.27. The number of ether oxygens (including phenoxy) is 1. The van der Waals surface area contributed by atoms with Crippen LogP contribution >= 0.6 is 11.6 Å². The lowest BCUT2D eigenvalue weighted by Gasteiger charge is -2.14. The molecule has 31 heavy (non-hydrogen) atoms. The SMILES string of the molecule is CCc1cccc(CC)c1NC(=O)COC(=O)c1c(-c2c(F)cccc2Cl)noc1C. The molecule has 0 aliphatic heterocycles. The fourth-order valence-electron chi connectivity index (χ4n) is 3.29. The quantitative estimate of drug-likeness (QED) is 0.496. The third kappa shape index (κ3) is 4.77. The van der Waals surface area contributed by atoms with E-state index in [9.17, 15) is 14.0 Å². The number of hydrogen-bond acceptors (Lipinski definition) is 5. The summed E-state index contributed by atoms with van der Waals surface area (Å²) in [6, 6.07) is 9.93. The molecule has 8 heteroatoms. The lowest BCUT2D eigenvalue weighted by Crippen LogP contribution is -2.22. The fourth-order valence-corrected chi connectivity index (χ4v) is 3.54. The van der Waals surface area contributed by atoms with E-state index in [1.807, 2.05) is 32.0 Å². The van der Waals surface area contributed by atoms with Gasteiger partial charge in [-0.15, -0.1) is 0 Å². The molecule has 1 aromatic heterocycles. The number of aromatic nitrogens is 1. The predicted octanol–water partition coefficient (Wildman–Crippen LogP) is 5.36. The van der Waals surface area contributed by atoms with Crippen molar-refractivity contribution in [1.29, 1.82) is 0 Å². The standard InChI is InChI=1S/C23H22ClFN2O4/c1-4-14-8-6-9-15(5-2)21(14)26-18(28)12-30-23(29)19-13(3)31-27-22(19)20-16(24)10-7-11-17(20)25/h6-11H,4-5,12H2,1-3H3,(H,26,28). The second kappa shape index (κ2) is 9.75. The van der Waals surface area contributed by atoms with E-state index in [0.717, 1.165) is 29.7 Å². The van der Waals surface area contributed by atoms with E-state index < -0.39 is 24.3 Å². The highest BCUT2D eigenvalue weighted by molar-refractivity contribution is 6.33. The number of nitrogens with one attached hydrogen (secondary N) is 1. The first-order valence-corrected chi connectivity index (χ1v) is 10.2. The first kappa shape index (κ1) is 22.5. The van der Waals surface area contributed by atoms with Crippen LogP contribution in [0.15, 0.2) is 40.9 Å². The predicted molar refractivity (Wildman–Crippen MR) is 116 cm³/mol. The Hall–Kier alpha value is -3.19. The molecule has 0 atom stereocenters. The van der Waals surface area contributed by atoms with E-state index in [-0.39, 0.29) is 27.6 Å². The van der Waals surface area contributed by atoms with E-state index in [0.29, 0.717) is 0 Å². The Morgan fingerprint density at radius 2 is 1.77 bits per heavy atom. The van der Waals surface area contributed by atoms with Gasteiger partial charge in [-0.2, -0.15) is 0 Å². The molecule has 0 aliphatic rings. The molecule has 0 saturated carbocycles. The molecule has 0 radical (unpaired) electrons. The summed E-state index contributed by atoms with van der Waals surface area (Å²) in [7, 11) is 0. The molecule has 0 spiro atoms. The fraction of sp³-hybridized carbons (Fsp3) is 0.261. The van der Waals surface area contributed by atoms with Gasteiger partial charge in [0, 0.05) is 5.69 Å². The van der Waals surface area contributed by atoms with E-state index in [4.69, 9.17) is 20.9 Å². The van der Waals surface area contributed by atoms with Crippen molar-refractivity contribution in [2.24, 2.45) is 0 Å². The lowest BCUT2D eigenvalue weighted by atomic mass is 10.0. The van der Waals surface area contributed by atoms with E-state index in [1.54, 1.807) is 0 Å². The number of carbonyl (C=O) groups is 2. The van der Waals surface area contributed by atoms with E-state index >= 15 is 0 Å². The summed E-state index contributed by atoms with van der Waals surface area (Å²) in [6.45, 7) is 4.96. The maximum Gasteiger partial charge on any atom is 0.344 e. The van der Waals surface area contributed by atoms with Gasteiger partial charge in [0.25, 0.3) is 5.91 Å². The van der Waals surface area contributed by atoms with E-state index in [2.05, 4.69) is 10.5 Å². The van der Waals surface area contributed by atoms with Gasteiger partial charge in [0.05, 0.1) is 10.6 Å². The second-order valence-electron chi connectivity index (χ2n) is 6.84. The average Bonchev–Trinajstić information content (AvgIpc) is 3.13. The summed E-state index contributed by atoms with van der Waals surface area (Å²) in [6.07, 6.45) is 1.49. The number of halogens is 2. The van der Waals surface area contributed by atoms with Crippen LogP contribution in [0.5, 0.6) is 0 Å². The minimum Gasteiger partial charge on any atom is -0.452 e. The van der Waals surface area contributed by atoms with Gasteiger partial charge in [-0.3, -0.25) is 4.79 Å². The summed E-state index contributed by atoms with van der Waals surface area (Å²) in [4.78, 5) is 25.1. The zero-order chi connectivity index (χ0) is 22.5. The Kier molecular flexibility index (Phi) is 7.07. The van der Waals surface area contributed by atoms with Crippen molar-refractivity contribution in [3.8, 4) is 11.3 Å². The van der Waals surface area contributed by atoms with Crippen LogP contribution in [0.2, 0.25) is 5.02 Å². The Balaban J connectivity index is 1.77. The van der Waals surface area contributed by atoms with E-state index in [1.165, 1.54) is 25.1 Å². The number of nitrogens with zero attached hydrogens (tertiary/aromatic N) is 1. The van der Waals surface area contributed by atoms with Crippen LogP contribution in [0, 0.1) is 12.7 Å². The van der Waals surface area contributed by atoms with Gasteiger partial charge in [0.2, 0.25) is 0 Å². The molecule has 3 rings (SSSR count). The molecule has 3 aromatic rings. The Labute approximate surface area is 184 Å². The van der Waals surface area contributed by atoms with Gasteiger partial charge < -0.3 is 14.6 Å². The van der Waals surface area contributed by atoms with Crippen molar-refractivity contribution in [3.63, 3.8) is 0 Å². The second-order valence-corrected chi connectivity index (χ2v) is 7.25. The van der Waals surface area contributed by atoms with Crippen molar-refractivity contribution in [1.82, 2.24) is 5.16 Å². The Morgan fingerprint density at radius 3 is 2.39 bits per heavy atom. The summed E-state index contributed by atoms with van der Waals surface area (Å²) >= 11 is 6.09. The van der Waals surface area contributed by atoms with Gasteiger partial charge in [-0.25, -0.2) is 9.18 Å². The summed E-state index contributed by atoms with van der Waals surface area (Å²) in [5, 5.41) is 6.67. The first-order chi connectivity index (χ1) is 14.9. The molecule has 6 nitrogen and oxygen atoms in total. The largest absolute Gasteiger partial charge is 0.452 e. The minimum atomic E-state index is -0.859. The van der Waals surface area contributed by atoms with Gasteiger partial charge in [-0.1, -0.05) is 54.9 Å². The van der Waals surface area contributed by atoms with Crippen LogP contribution in [0.25, 0.3) is 11.3 Å². The number of rotatable bonds is 7. The Morgan fingerprint density at radius 1 is 1.13 bits per heavy atom. The molecule has 2 aromatic carbocycles. The van der Waals surface area contributed by atoms with Gasteiger partial charge in [-0.05, 0) is 43.0 Å². The number of hydrogen-bond donors (Lipinski definition) is 1. The highest BCUT2D eigenvalue weighted by Crippen LogP contribution is 2.33. The minimum absolute atomic E-state index is 0.0677. The average molecular weight is 445 g/mol. The normalized spacial score (nSPS) is 10.7. The van der Waals surface area contributed by atoms with Crippen LogP contribution in [0.1, 0.15) is 41.1 Å². The molecule has 1 N–H and O–H groups in total. The number of benzene rings is 2. The summed E-state index contributed by atoms with van der Waals surface area (Å²) in [5.41, 5.74) is 2.49. The van der Waals surface area contributed by atoms with Crippen molar-refractivity contribution in [2.75, 3.05) is 11.9 Å². The van der Waals surface area contributed by atoms with Gasteiger partial charge in [0.1, 0.15) is 22.8 Å². The van der Waals surface area contributed by atoms with Gasteiger partial charge in [0.15, 0.2) is 6.61 Å². The van der Waals surface area contributed by atoms with Crippen molar-refractivity contribution < 1.29 is 23.2 Å². The maximum atomic E-state index is 14.3. The summed E-state index contributed by atoms with van der Waals surface area (Å²) in [5.74, 6) is -1.87. The smallest absolute Gasteiger partial charge is 0.344 e. The molecule has 162 valence electrons. The van der Waals surface area contributed by atoms with Crippen LogP contribution < -0.4 is 5.32 Å². The number of aryl methyl sites for hydroxylation is 3. The van der Waals surface area contributed by atoms with Gasteiger partial charge >= 0.3 is 5.97 Å². The monoisotopic (exact) mass is 444 g/mol. The molecule has 0 unspecified atom stereocenters. The molecular weight excluding hydrogens is 423 g/mol.